The smallest absolute Gasteiger partial charge is 0.421 e. The van der Waals surface area contributed by atoms with Gasteiger partial charge in [0.1, 0.15) is 17.1 Å². The molecular weight excluding hydrogens is 609 g/mol. The minimum absolute atomic E-state index is 0.00369. The zero-order valence-corrected chi connectivity index (χ0v) is 27.1. The van der Waals surface area contributed by atoms with E-state index in [1.165, 1.54) is 12.8 Å². The molecule has 250 valence electrons. The fourth-order valence-corrected chi connectivity index (χ4v) is 7.82. The van der Waals surface area contributed by atoms with Crippen LogP contribution in [0.1, 0.15) is 49.8 Å². The molecule has 3 aromatic rings. The number of carbonyl (C=O) groups is 1. The van der Waals surface area contributed by atoms with Gasteiger partial charge in [-0.25, -0.2) is 4.98 Å². The van der Waals surface area contributed by atoms with Gasteiger partial charge in [0.2, 0.25) is 11.9 Å². The van der Waals surface area contributed by atoms with Gasteiger partial charge in [-0.1, -0.05) is 12.1 Å². The van der Waals surface area contributed by atoms with Crippen LogP contribution in [0.5, 0.6) is 5.75 Å². The number of alkyl halides is 3. The van der Waals surface area contributed by atoms with E-state index in [4.69, 9.17) is 4.74 Å². The summed E-state index contributed by atoms with van der Waals surface area (Å²) < 4.78 is 47.8. The fourth-order valence-electron chi connectivity index (χ4n) is 7.82. The van der Waals surface area contributed by atoms with Gasteiger partial charge in [-0.15, -0.1) is 0 Å². The van der Waals surface area contributed by atoms with E-state index < -0.39 is 17.2 Å². The van der Waals surface area contributed by atoms with Gasteiger partial charge in [-0.3, -0.25) is 9.69 Å². The number of nitrogens with zero attached hydrogens (tertiary/aromatic N) is 5. The minimum Gasteiger partial charge on any atom is -0.494 e. The van der Waals surface area contributed by atoms with Crippen LogP contribution >= 0.6 is 0 Å². The average Bonchev–Trinajstić information content (AvgIpc) is 3.71. The van der Waals surface area contributed by atoms with E-state index in [0.717, 1.165) is 50.0 Å². The second-order valence-electron chi connectivity index (χ2n) is 13.7. The molecule has 13 heteroatoms. The second kappa shape index (κ2) is 11.9. The van der Waals surface area contributed by atoms with Crippen molar-refractivity contribution in [2.45, 2.75) is 69.4 Å². The number of halogens is 3. The number of rotatable bonds is 8. The number of hydrogen-bond acceptors (Lipinski definition) is 9. The molecule has 4 aliphatic heterocycles. The highest BCUT2D eigenvalue weighted by Gasteiger charge is 2.46. The first-order chi connectivity index (χ1) is 22.4. The number of piperazine rings is 1. The standard InChI is InChI=1S/C34H41F3N8O2/c1-33(2)29-20(6-5-7-27(29)40-31(33)46)16-38-30-25(34(35,36)37)17-39-32(42-30)41-26-9-8-22(15-28(26)47-4)45-19-23-14-24(45)18-44(23)21-10-12-43(3)13-11-21/h5-9,15,17,21,23-24H,10-14,16,18-19H2,1-4H3,(H,40,46)(H2,38,39,41,42). The average molecular weight is 651 g/mol. The summed E-state index contributed by atoms with van der Waals surface area (Å²) in [5.41, 5.74) is 1.93. The van der Waals surface area contributed by atoms with Crippen LogP contribution in [0.15, 0.2) is 42.6 Å². The Morgan fingerprint density at radius 3 is 2.57 bits per heavy atom. The molecule has 0 radical (unpaired) electrons. The number of likely N-dealkylation sites (tertiary alicyclic amines) is 2. The lowest BCUT2D eigenvalue weighted by Gasteiger charge is -2.42. The Labute approximate surface area is 272 Å². The van der Waals surface area contributed by atoms with Gasteiger partial charge in [-0.2, -0.15) is 18.2 Å². The molecule has 2 bridgehead atoms. The molecule has 0 saturated carbocycles. The van der Waals surface area contributed by atoms with Crippen molar-refractivity contribution in [3.05, 3.63) is 59.3 Å². The molecule has 2 atom stereocenters. The van der Waals surface area contributed by atoms with E-state index in [1.807, 2.05) is 18.2 Å². The van der Waals surface area contributed by atoms with Crippen molar-refractivity contribution in [2.75, 3.05) is 61.2 Å². The Morgan fingerprint density at radius 1 is 1.09 bits per heavy atom. The number of benzene rings is 2. The number of amides is 1. The first-order valence-electron chi connectivity index (χ1n) is 16.2. The number of aromatic nitrogens is 2. The van der Waals surface area contributed by atoms with E-state index >= 15 is 0 Å². The summed E-state index contributed by atoms with van der Waals surface area (Å²) in [6.45, 7) is 7.96. The molecule has 4 aliphatic rings. The van der Waals surface area contributed by atoms with Crippen molar-refractivity contribution in [3.63, 3.8) is 0 Å². The molecule has 2 aromatic carbocycles. The normalized spacial score (nSPS) is 22.8. The zero-order valence-electron chi connectivity index (χ0n) is 27.1. The summed E-state index contributed by atoms with van der Waals surface area (Å²) in [4.78, 5) is 28.3. The maximum absolute atomic E-state index is 14.0. The predicted octanol–water partition coefficient (Wildman–Crippen LogP) is 5.45. The van der Waals surface area contributed by atoms with Crippen LogP contribution in [-0.2, 0) is 22.9 Å². The number of hydrogen-bond donors (Lipinski definition) is 3. The monoisotopic (exact) mass is 650 g/mol. The third kappa shape index (κ3) is 5.84. The van der Waals surface area contributed by atoms with Gasteiger partial charge in [0.25, 0.3) is 0 Å². The van der Waals surface area contributed by atoms with Gasteiger partial charge in [-0.05, 0) is 82.6 Å². The third-order valence-electron chi connectivity index (χ3n) is 10.3. The summed E-state index contributed by atoms with van der Waals surface area (Å²) in [5, 5.41) is 8.79. The Kier molecular flexibility index (Phi) is 7.94. The van der Waals surface area contributed by atoms with E-state index in [-0.39, 0.29) is 24.2 Å². The van der Waals surface area contributed by atoms with Crippen LogP contribution in [0.25, 0.3) is 0 Å². The summed E-state index contributed by atoms with van der Waals surface area (Å²) in [7, 11) is 3.77. The van der Waals surface area contributed by atoms with Crippen molar-refractivity contribution in [2.24, 2.45) is 0 Å². The third-order valence-corrected chi connectivity index (χ3v) is 10.3. The van der Waals surface area contributed by atoms with Crippen LogP contribution in [0.2, 0.25) is 0 Å². The highest BCUT2D eigenvalue weighted by molar-refractivity contribution is 6.06. The maximum atomic E-state index is 14.0. The molecule has 0 spiro atoms. The molecule has 3 N–H and O–H groups in total. The SMILES string of the molecule is COc1cc(N2CC3CC2CN3C2CCN(C)CC2)ccc1Nc1ncc(C(F)(F)F)c(NCc2cccc3c2C(C)(C)C(=O)N3)n1. The Bertz CT molecular complexity index is 1670. The van der Waals surface area contributed by atoms with E-state index in [2.05, 4.69) is 47.7 Å². The summed E-state index contributed by atoms with van der Waals surface area (Å²) in [5.74, 6) is 0.0301. The predicted molar refractivity (Wildman–Crippen MR) is 175 cm³/mol. The number of methoxy groups -OCH3 is 1. The van der Waals surface area contributed by atoms with Crippen molar-refractivity contribution in [1.29, 1.82) is 0 Å². The molecule has 5 heterocycles. The number of anilines is 5. The van der Waals surface area contributed by atoms with Crippen molar-refractivity contribution >= 4 is 34.7 Å². The molecule has 2 unspecified atom stereocenters. The van der Waals surface area contributed by atoms with Gasteiger partial charge in [0.05, 0.1) is 18.2 Å². The van der Waals surface area contributed by atoms with Crippen LogP contribution in [-0.4, -0.2) is 84.1 Å². The van der Waals surface area contributed by atoms with Crippen LogP contribution in [0.4, 0.5) is 42.0 Å². The lowest BCUT2D eigenvalue weighted by molar-refractivity contribution is -0.137. The number of nitrogens with one attached hydrogen (secondary N) is 3. The topological polar surface area (TPSA) is 97.9 Å². The fraction of sp³-hybridized carbons (Fsp3) is 0.500. The highest BCUT2D eigenvalue weighted by atomic mass is 19.4. The number of ether oxygens (including phenoxy) is 1. The molecule has 0 aliphatic carbocycles. The molecule has 3 saturated heterocycles. The van der Waals surface area contributed by atoms with Crippen molar-refractivity contribution < 1.29 is 22.7 Å². The molecule has 1 aromatic heterocycles. The van der Waals surface area contributed by atoms with Crippen LogP contribution in [0, 0.1) is 0 Å². The minimum atomic E-state index is -4.67. The number of fused-ring (bicyclic) bond motifs is 3. The molecule has 10 nitrogen and oxygen atoms in total. The Balaban J connectivity index is 1.08. The molecule has 3 fully saturated rings. The van der Waals surface area contributed by atoms with E-state index in [9.17, 15) is 18.0 Å². The van der Waals surface area contributed by atoms with E-state index in [0.29, 0.717) is 40.8 Å². The van der Waals surface area contributed by atoms with E-state index in [1.54, 1.807) is 39.2 Å². The first kappa shape index (κ1) is 31.5. The largest absolute Gasteiger partial charge is 0.494 e. The number of piperidine rings is 1. The first-order valence-corrected chi connectivity index (χ1v) is 16.2. The molecule has 1 amide bonds. The zero-order chi connectivity index (χ0) is 33.1. The van der Waals surface area contributed by atoms with Crippen LogP contribution in [0.3, 0.4) is 0 Å². The van der Waals surface area contributed by atoms with Crippen LogP contribution < -0.4 is 25.6 Å². The van der Waals surface area contributed by atoms with Gasteiger partial charge in [0, 0.05) is 61.4 Å². The quantitative estimate of drug-likeness (QED) is 0.294. The summed E-state index contributed by atoms with van der Waals surface area (Å²) in [6.07, 6.45) is -0.294. The molecule has 47 heavy (non-hydrogen) atoms. The lowest BCUT2D eigenvalue weighted by atomic mass is 9.83. The second-order valence-corrected chi connectivity index (χ2v) is 13.7. The highest BCUT2D eigenvalue weighted by Crippen LogP contribution is 2.42. The van der Waals surface area contributed by atoms with Gasteiger partial charge >= 0.3 is 6.18 Å². The maximum Gasteiger partial charge on any atom is 0.421 e. The Morgan fingerprint density at radius 2 is 1.87 bits per heavy atom. The Hall–Kier alpha value is -4.10. The van der Waals surface area contributed by atoms with Crippen molar-refractivity contribution in [3.8, 4) is 5.75 Å². The molecule has 7 rings (SSSR count). The van der Waals surface area contributed by atoms with Gasteiger partial charge < -0.3 is 30.5 Å². The lowest BCUT2D eigenvalue weighted by Crippen LogP contribution is -2.53. The summed E-state index contributed by atoms with van der Waals surface area (Å²) >= 11 is 0. The number of carbonyl (C=O) groups excluding carboxylic acids is 1. The summed E-state index contributed by atoms with van der Waals surface area (Å²) in [6, 6.07) is 12.9. The van der Waals surface area contributed by atoms with Crippen molar-refractivity contribution in [1.82, 2.24) is 19.8 Å². The molecular formula is C34H41F3N8O2. The van der Waals surface area contributed by atoms with Gasteiger partial charge in [0.15, 0.2) is 0 Å².